The number of nitrogens with one attached hydrogen (secondary N) is 1. The number of carbonyl (C=O) groups excluding carboxylic acids is 2. The van der Waals surface area contributed by atoms with E-state index in [0.29, 0.717) is 32.7 Å². The van der Waals surface area contributed by atoms with Crippen molar-refractivity contribution in [3.05, 3.63) is 35.9 Å². The Balaban J connectivity index is 2.27. The molecule has 0 heterocycles. The van der Waals surface area contributed by atoms with Crippen LogP contribution in [0.5, 0.6) is 0 Å². The molecule has 0 aromatic heterocycles. The third-order valence-corrected chi connectivity index (χ3v) is 3.42. The number of amides is 2. The zero-order chi connectivity index (χ0) is 16.2. The minimum absolute atomic E-state index is 0.0118. The van der Waals surface area contributed by atoms with Gasteiger partial charge in [0.2, 0.25) is 11.8 Å². The van der Waals surface area contributed by atoms with E-state index < -0.39 is 0 Å². The van der Waals surface area contributed by atoms with Crippen LogP contribution < -0.4 is 5.32 Å². The van der Waals surface area contributed by atoms with Crippen LogP contribution in [0.2, 0.25) is 0 Å². The number of hydrogen-bond donors (Lipinski definition) is 1. The fourth-order valence-electron chi connectivity index (χ4n) is 2.16. The summed E-state index contributed by atoms with van der Waals surface area (Å²) in [5.41, 5.74) is 1.27. The van der Waals surface area contributed by atoms with E-state index in [0.717, 1.165) is 12.8 Å². The molecule has 0 saturated heterocycles. The predicted octanol–water partition coefficient (Wildman–Crippen LogP) is 1.62. The topological polar surface area (TPSA) is 58.6 Å². The SMILES string of the molecule is COCCNC(=O)CCN(CCCc1ccccc1)C(C)=O. The summed E-state index contributed by atoms with van der Waals surface area (Å²) in [5, 5.41) is 2.76. The first-order valence-electron chi connectivity index (χ1n) is 7.68. The van der Waals surface area contributed by atoms with Crippen LogP contribution in [0.4, 0.5) is 0 Å². The van der Waals surface area contributed by atoms with Crippen molar-refractivity contribution in [2.45, 2.75) is 26.2 Å². The van der Waals surface area contributed by atoms with Crippen molar-refractivity contribution < 1.29 is 14.3 Å². The number of aryl methyl sites for hydroxylation is 1. The first-order valence-corrected chi connectivity index (χ1v) is 7.68. The van der Waals surface area contributed by atoms with Gasteiger partial charge in [-0.25, -0.2) is 0 Å². The molecular formula is C17H26N2O3. The molecule has 0 aliphatic heterocycles. The van der Waals surface area contributed by atoms with Crippen LogP contribution in [-0.2, 0) is 20.7 Å². The summed E-state index contributed by atoms with van der Waals surface area (Å²) in [5.74, 6) is -0.0379. The number of nitrogens with zero attached hydrogens (tertiary/aromatic N) is 1. The van der Waals surface area contributed by atoms with E-state index in [9.17, 15) is 9.59 Å². The van der Waals surface area contributed by atoms with E-state index in [-0.39, 0.29) is 11.8 Å². The third-order valence-electron chi connectivity index (χ3n) is 3.42. The lowest BCUT2D eigenvalue weighted by molar-refractivity contribution is -0.129. The highest BCUT2D eigenvalue weighted by Gasteiger charge is 2.10. The Labute approximate surface area is 132 Å². The van der Waals surface area contributed by atoms with E-state index in [1.807, 2.05) is 18.2 Å². The summed E-state index contributed by atoms with van der Waals surface area (Å²) in [6.45, 7) is 3.69. The van der Waals surface area contributed by atoms with Crippen molar-refractivity contribution in [2.75, 3.05) is 33.4 Å². The average Bonchev–Trinajstić information content (AvgIpc) is 2.51. The molecule has 0 unspecified atom stereocenters. The van der Waals surface area contributed by atoms with Crippen molar-refractivity contribution in [2.24, 2.45) is 0 Å². The quantitative estimate of drug-likeness (QED) is 0.668. The van der Waals surface area contributed by atoms with Gasteiger partial charge in [-0.1, -0.05) is 30.3 Å². The number of hydrogen-bond acceptors (Lipinski definition) is 3. The van der Waals surface area contributed by atoms with Crippen LogP contribution in [0.25, 0.3) is 0 Å². The molecule has 1 rings (SSSR count). The molecule has 0 spiro atoms. The van der Waals surface area contributed by atoms with Crippen LogP contribution in [0.15, 0.2) is 30.3 Å². The summed E-state index contributed by atoms with van der Waals surface area (Å²) in [6, 6.07) is 10.2. The second kappa shape index (κ2) is 10.8. The van der Waals surface area contributed by atoms with Gasteiger partial charge in [0.15, 0.2) is 0 Å². The highest BCUT2D eigenvalue weighted by molar-refractivity contribution is 5.77. The van der Waals surface area contributed by atoms with Crippen molar-refractivity contribution >= 4 is 11.8 Å². The van der Waals surface area contributed by atoms with Gasteiger partial charge in [0.25, 0.3) is 0 Å². The van der Waals surface area contributed by atoms with Gasteiger partial charge >= 0.3 is 0 Å². The smallest absolute Gasteiger partial charge is 0.221 e. The average molecular weight is 306 g/mol. The molecule has 0 atom stereocenters. The van der Waals surface area contributed by atoms with Crippen LogP contribution in [0.3, 0.4) is 0 Å². The molecule has 5 nitrogen and oxygen atoms in total. The Bertz CT molecular complexity index is 448. The summed E-state index contributed by atoms with van der Waals surface area (Å²) in [4.78, 5) is 25.0. The molecule has 0 aliphatic rings. The molecule has 0 saturated carbocycles. The Morgan fingerprint density at radius 1 is 1.18 bits per heavy atom. The molecule has 1 aromatic rings. The van der Waals surface area contributed by atoms with Crippen LogP contribution in [-0.4, -0.2) is 50.1 Å². The number of benzene rings is 1. The van der Waals surface area contributed by atoms with E-state index in [1.165, 1.54) is 5.56 Å². The Morgan fingerprint density at radius 3 is 2.55 bits per heavy atom. The summed E-state index contributed by atoms with van der Waals surface area (Å²) < 4.78 is 4.87. The van der Waals surface area contributed by atoms with E-state index >= 15 is 0 Å². The molecular weight excluding hydrogens is 280 g/mol. The number of rotatable bonds is 10. The molecule has 0 aliphatic carbocycles. The zero-order valence-electron chi connectivity index (χ0n) is 13.5. The molecule has 122 valence electrons. The maximum absolute atomic E-state index is 11.6. The highest BCUT2D eigenvalue weighted by atomic mass is 16.5. The molecule has 1 aromatic carbocycles. The predicted molar refractivity (Wildman–Crippen MR) is 86.5 cm³/mol. The van der Waals surface area contributed by atoms with Gasteiger partial charge in [0, 0.05) is 40.1 Å². The fraction of sp³-hybridized carbons (Fsp3) is 0.529. The number of methoxy groups -OCH3 is 1. The minimum Gasteiger partial charge on any atom is -0.383 e. The van der Waals surface area contributed by atoms with Crippen LogP contribution in [0.1, 0.15) is 25.3 Å². The number of ether oxygens (including phenoxy) is 1. The lowest BCUT2D eigenvalue weighted by atomic mass is 10.1. The zero-order valence-corrected chi connectivity index (χ0v) is 13.5. The summed E-state index contributed by atoms with van der Waals surface area (Å²) >= 11 is 0. The van der Waals surface area contributed by atoms with Gasteiger partial charge in [-0.3, -0.25) is 9.59 Å². The maximum atomic E-state index is 11.6. The molecule has 0 bridgehead atoms. The van der Waals surface area contributed by atoms with E-state index in [2.05, 4.69) is 17.4 Å². The van der Waals surface area contributed by atoms with Crippen LogP contribution >= 0.6 is 0 Å². The third kappa shape index (κ3) is 7.78. The molecule has 2 amide bonds. The maximum Gasteiger partial charge on any atom is 0.221 e. The molecule has 5 heteroatoms. The molecule has 1 N–H and O–H groups in total. The Hall–Kier alpha value is -1.88. The monoisotopic (exact) mass is 306 g/mol. The summed E-state index contributed by atoms with van der Waals surface area (Å²) in [6.07, 6.45) is 2.16. The Kier molecular flexibility index (Phi) is 8.91. The van der Waals surface area contributed by atoms with Gasteiger partial charge in [0.1, 0.15) is 0 Å². The lowest BCUT2D eigenvalue weighted by Crippen LogP contribution is -2.35. The van der Waals surface area contributed by atoms with E-state index in [1.54, 1.807) is 18.9 Å². The molecule has 22 heavy (non-hydrogen) atoms. The van der Waals surface area contributed by atoms with Gasteiger partial charge < -0.3 is 15.0 Å². The normalized spacial score (nSPS) is 10.3. The number of carbonyl (C=O) groups is 2. The van der Waals surface area contributed by atoms with Crippen molar-refractivity contribution in [1.29, 1.82) is 0 Å². The first kappa shape index (κ1) is 18.2. The highest BCUT2D eigenvalue weighted by Crippen LogP contribution is 2.04. The van der Waals surface area contributed by atoms with Gasteiger partial charge in [-0.05, 0) is 18.4 Å². The minimum atomic E-state index is -0.0497. The van der Waals surface area contributed by atoms with E-state index in [4.69, 9.17) is 4.74 Å². The second-order valence-corrected chi connectivity index (χ2v) is 5.19. The van der Waals surface area contributed by atoms with Crippen molar-refractivity contribution in [3.63, 3.8) is 0 Å². The largest absolute Gasteiger partial charge is 0.383 e. The van der Waals surface area contributed by atoms with Gasteiger partial charge in [-0.2, -0.15) is 0 Å². The standard InChI is InChI=1S/C17H26N2O3/c1-15(20)19(13-10-17(21)18-11-14-22-2)12-6-9-16-7-4-3-5-8-16/h3-5,7-8H,6,9-14H2,1-2H3,(H,18,21). The van der Waals surface area contributed by atoms with Crippen LogP contribution in [0, 0.1) is 0 Å². The second-order valence-electron chi connectivity index (χ2n) is 5.19. The molecule has 0 radical (unpaired) electrons. The van der Waals surface area contributed by atoms with Gasteiger partial charge in [0.05, 0.1) is 6.61 Å². The molecule has 0 fully saturated rings. The fourth-order valence-corrected chi connectivity index (χ4v) is 2.16. The first-order chi connectivity index (χ1) is 10.6. The lowest BCUT2D eigenvalue weighted by Gasteiger charge is -2.20. The Morgan fingerprint density at radius 2 is 1.91 bits per heavy atom. The van der Waals surface area contributed by atoms with Crippen molar-refractivity contribution in [3.8, 4) is 0 Å². The van der Waals surface area contributed by atoms with Crippen molar-refractivity contribution in [1.82, 2.24) is 10.2 Å². The van der Waals surface area contributed by atoms with Gasteiger partial charge in [-0.15, -0.1) is 0 Å². The summed E-state index contributed by atoms with van der Waals surface area (Å²) in [7, 11) is 1.59.